The molecule has 0 saturated heterocycles. The molecule has 0 heterocycles. The fourth-order valence-corrected chi connectivity index (χ4v) is 3.45. The molecule has 0 bridgehead atoms. The van der Waals surface area contributed by atoms with Gasteiger partial charge in [0.1, 0.15) is 11.4 Å². The molecule has 2 atom stereocenters. The number of halogens is 1. The van der Waals surface area contributed by atoms with Gasteiger partial charge in [-0.25, -0.2) is 9.18 Å². The van der Waals surface area contributed by atoms with Crippen LogP contribution in [0.1, 0.15) is 38.7 Å². The minimum Gasteiger partial charge on any atom is -0.453 e. The number of nitrogens with zero attached hydrogens (tertiary/aromatic N) is 1. The van der Waals surface area contributed by atoms with Gasteiger partial charge in [-0.05, 0) is 36.5 Å². The number of benzene rings is 1. The van der Waals surface area contributed by atoms with Gasteiger partial charge in [0.05, 0.1) is 7.11 Å². The third-order valence-electron chi connectivity index (χ3n) is 4.41. The van der Waals surface area contributed by atoms with E-state index in [1.807, 2.05) is 13.8 Å². The smallest absolute Gasteiger partial charge is 0.409 e. The lowest BCUT2D eigenvalue weighted by atomic mass is 9.67. The van der Waals surface area contributed by atoms with Crippen molar-refractivity contribution in [2.75, 3.05) is 14.2 Å². The van der Waals surface area contributed by atoms with E-state index in [-0.39, 0.29) is 17.3 Å². The van der Waals surface area contributed by atoms with Crippen molar-refractivity contribution < 1.29 is 19.0 Å². The van der Waals surface area contributed by atoms with Crippen LogP contribution in [-0.4, -0.2) is 41.9 Å². The van der Waals surface area contributed by atoms with Crippen LogP contribution in [0.2, 0.25) is 0 Å². The summed E-state index contributed by atoms with van der Waals surface area (Å²) in [5.41, 5.74) is -0.901. The molecule has 5 heteroatoms. The molecule has 0 spiro atoms. The summed E-state index contributed by atoms with van der Waals surface area (Å²) >= 11 is 0. The highest BCUT2D eigenvalue weighted by atomic mass is 19.1. The van der Waals surface area contributed by atoms with E-state index in [1.165, 1.54) is 24.1 Å². The Labute approximate surface area is 142 Å². The topological polar surface area (TPSA) is 49.8 Å². The normalized spacial score (nSPS) is 25.3. The highest BCUT2D eigenvalue weighted by molar-refractivity contribution is 5.67. The average Bonchev–Trinajstić information content (AvgIpc) is 2.50. The lowest BCUT2D eigenvalue weighted by molar-refractivity contribution is -0.0283. The average molecular weight is 333 g/mol. The second-order valence-corrected chi connectivity index (χ2v) is 7.28. The fraction of sp³-hybridized carbons (Fsp3) is 0.526. The van der Waals surface area contributed by atoms with Gasteiger partial charge in [0.15, 0.2) is 0 Å². The molecule has 1 N–H and O–H groups in total. The number of hydrogen-bond acceptors (Lipinski definition) is 3. The van der Waals surface area contributed by atoms with Gasteiger partial charge in [0, 0.05) is 25.1 Å². The molecule has 2 rings (SSSR count). The molecule has 130 valence electrons. The van der Waals surface area contributed by atoms with Crippen LogP contribution in [0, 0.1) is 23.1 Å². The summed E-state index contributed by atoms with van der Waals surface area (Å²) in [4.78, 5) is 13.3. The van der Waals surface area contributed by atoms with Crippen molar-refractivity contribution in [1.82, 2.24) is 4.90 Å². The summed E-state index contributed by atoms with van der Waals surface area (Å²) in [6.45, 7) is 4.08. The Balaban J connectivity index is 2.26. The first kappa shape index (κ1) is 18.3. The van der Waals surface area contributed by atoms with E-state index in [0.717, 1.165) is 6.42 Å². The van der Waals surface area contributed by atoms with Crippen LogP contribution in [0.5, 0.6) is 0 Å². The second kappa shape index (κ2) is 6.82. The number of aliphatic hydroxyl groups is 1. The Hall–Kier alpha value is -2.06. The Kier molecular flexibility index (Phi) is 5.19. The van der Waals surface area contributed by atoms with Gasteiger partial charge in [-0.2, -0.15) is 0 Å². The van der Waals surface area contributed by atoms with Gasteiger partial charge < -0.3 is 14.7 Å². The Morgan fingerprint density at radius 1 is 1.42 bits per heavy atom. The molecular formula is C19H24FNO3. The summed E-state index contributed by atoms with van der Waals surface area (Å²) < 4.78 is 18.0. The lowest BCUT2D eigenvalue weighted by Gasteiger charge is -2.45. The monoisotopic (exact) mass is 333 g/mol. The molecule has 1 fully saturated rings. The Bertz CT molecular complexity index is 677. The maximum absolute atomic E-state index is 13.3. The van der Waals surface area contributed by atoms with Gasteiger partial charge in [-0.3, -0.25) is 0 Å². The zero-order valence-electron chi connectivity index (χ0n) is 14.6. The summed E-state index contributed by atoms with van der Waals surface area (Å²) in [5.74, 6) is 5.40. The van der Waals surface area contributed by atoms with E-state index in [2.05, 4.69) is 11.8 Å². The zero-order valence-corrected chi connectivity index (χ0v) is 14.6. The minimum atomic E-state index is -1.24. The maximum Gasteiger partial charge on any atom is 0.409 e. The first-order valence-corrected chi connectivity index (χ1v) is 7.96. The van der Waals surface area contributed by atoms with E-state index in [4.69, 9.17) is 4.74 Å². The van der Waals surface area contributed by atoms with Crippen molar-refractivity contribution in [3.8, 4) is 11.8 Å². The molecule has 0 aliphatic heterocycles. The summed E-state index contributed by atoms with van der Waals surface area (Å²) in [6.07, 6.45) is 1.15. The molecule has 2 unspecified atom stereocenters. The van der Waals surface area contributed by atoms with E-state index in [9.17, 15) is 14.3 Å². The van der Waals surface area contributed by atoms with Crippen molar-refractivity contribution in [2.45, 2.75) is 44.8 Å². The van der Waals surface area contributed by atoms with Crippen LogP contribution < -0.4 is 0 Å². The highest BCUT2D eigenvalue weighted by Crippen LogP contribution is 2.42. The zero-order chi connectivity index (χ0) is 18.0. The van der Waals surface area contributed by atoms with Crippen molar-refractivity contribution in [1.29, 1.82) is 0 Å². The molecule has 1 aromatic rings. The predicted molar refractivity (Wildman–Crippen MR) is 89.8 cm³/mol. The maximum atomic E-state index is 13.3. The van der Waals surface area contributed by atoms with Crippen LogP contribution in [-0.2, 0) is 4.74 Å². The molecule has 0 radical (unpaired) electrons. The number of ether oxygens (including phenoxy) is 1. The third-order valence-corrected chi connectivity index (χ3v) is 4.41. The van der Waals surface area contributed by atoms with Gasteiger partial charge in [0.2, 0.25) is 0 Å². The molecule has 1 saturated carbocycles. The first-order chi connectivity index (χ1) is 11.1. The Morgan fingerprint density at radius 3 is 2.75 bits per heavy atom. The van der Waals surface area contributed by atoms with Gasteiger partial charge in [-0.15, -0.1) is 0 Å². The summed E-state index contributed by atoms with van der Waals surface area (Å²) in [6, 6.07) is 5.80. The second-order valence-electron chi connectivity index (χ2n) is 7.28. The number of methoxy groups -OCH3 is 1. The van der Waals surface area contributed by atoms with Crippen LogP contribution >= 0.6 is 0 Å². The van der Waals surface area contributed by atoms with Crippen LogP contribution in [0.4, 0.5) is 9.18 Å². The van der Waals surface area contributed by atoms with Crippen molar-refractivity contribution in [3.05, 3.63) is 35.6 Å². The van der Waals surface area contributed by atoms with E-state index in [1.54, 1.807) is 19.2 Å². The molecule has 1 aliphatic carbocycles. The summed E-state index contributed by atoms with van der Waals surface area (Å²) in [5, 5.41) is 11.0. The van der Waals surface area contributed by atoms with Gasteiger partial charge in [0.25, 0.3) is 0 Å². The number of amides is 1. The number of carbonyl (C=O) groups excluding carboxylic acids is 1. The highest BCUT2D eigenvalue weighted by Gasteiger charge is 2.44. The van der Waals surface area contributed by atoms with Crippen LogP contribution in [0.25, 0.3) is 0 Å². The molecule has 1 aromatic carbocycles. The quantitative estimate of drug-likeness (QED) is 0.803. The number of hydrogen-bond donors (Lipinski definition) is 1. The summed E-state index contributed by atoms with van der Waals surface area (Å²) in [7, 11) is 3.00. The van der Waals surface area contributed by atoms with Crippen molar-refractivity contribution in [2.24, 2.45) is 5.41 Å². The third kappa shape index (κ3) is 4.48. The van der Waals surface area contributed by atoms with Crippen molar-refractivity contribution in [3.63, 3.8) is 0 Å². The lowest BCUT2D eigenvalue weighted by Crippen LogP contribution is -2.51. The first-order valence-electron chi connectivity index (χ1n) is 7.96. The SMILES string of the molecule is COC(=O)N(C)C1CC(C)(C)CC(O)(C#Cc2cccc(F)c2)C1. The van der Waals surface area contributed by atoms with E-state index >= 15 is 0 Å². The van der Waals surface area contributed by atoms with E-state index in [0.29, 0.717) is 18.4 Å². The minimum absolute atomic E-state index is 0.173. The molecule has 4 nitrogen and oxygen atoms in total. The van der Waals surface area contributed by atoms with Gasteiger partial charge >= 0.3 is 6.09 Å². The van der Waals surface area contributed by atoms with Crippen molar-refractivity contribution >= 4 is 6.09 Å². The molecule has 1 amide bonds. The molecule has 24 heavy (non-hydrogen) atoms. The van der Waals surface area contributed by atoms with Crippen LogP contribution in [0.3, 0.4) is 0 Å². The van der Waals surface area contributed by atoms with E-state index < -0.39 is 11.7 Å². The fourth-order valence-electron chi connectivity index (χ4n) is 3.45. The standard InChI is InChI=1S/C19H24FNO3/c1-18(2)11-16(21(3)17(22)24-4)12-19(23,13-18)9-8-14-6-5-7-15(20)10-14/h5-7,10,16,23H,11-13H2,1-4H3. The molecular weight excluding hydrogens is 309 g/mol. The Morgan fingerprint density at radius 2 is 2.12 bits per heavy atom. The molecule has 0 aromatic heterocycles. The number of carbonyl (C=O) groups is 1. The van der Waals surface area contributed by atoms with Gasteiger partial charge in [-0.1, -0.05) is 31.8 Å². The van der Waals surface area contributed by atoms with Crippen LogP contribution in [0.15, 0.2) is 24.3 Å². The molecule has 1 aliphatic rings. The number of rotatable bonds is 1. The predicted octanol–water partition coefficient (Wildman–Crippen LogP) is 3.19. The largest absolute Gasteiger partial charge is 0.453 e.